The molecule has 1 aliphatic carbocycles. The molecule has 0 aromatic heterocycles. The summed E-state index contributed by atoms with van der Waals surface area (Å²) in [6.45, 7) is 9.54. The van der Waals surface area contributed by atoms with E-state index in [-0.39, 0.29) is 0 Å². The molecule has 0 aliphatic heterocycles. The molecule has 1 aliphatic rings. The van der Waals surface area contributed by atoms with E-state index in [0.29, 0.717) is 0 Å². The zero-order chi connectivity index (χ0) is 9.14. The van der Waals surface area contributed by atoms with E-state index < -0.39 is 0 Å². The third-order valence-corrected chi connectivity index (χ3v) is 3.88. The summed E-state index contributed by atoms with van der Waals surface area (Å²) in [4.78, 5) is 0. The molecule has 0 radical (unpaired) electrons. The smallest absolute Gasteiger partial charge is 0.0394 e. The van der Waals surface area contributed by atoms with E-state index >= 15 is 0 Å². The first-order chi connectivity index (χ1) is 5.61. The van der Waals surface area contributed by atoms with Crippen LogP contribution in [0, 0.1) is 23.7 Å². The number of rotatable bonds is 4. The predicted molar refractivity (Wildman–Crippen MR) is 55.1 cm³/mol. The van der Waals surface area contributed by atoms with Crippen LogP contribution in [0.4, 0.5) is 0 Å². The largest absolute Gasteiger partial charge is 0.0625 e. The molecule has 0 nitrogen and oxygen atoms in total. The van der Waals surface area contributed by atoms with Gasteiger partial charge in [0.15, 0.2) is 0 Å². The Kier molecular flexibility index (Phi) is 3.61. The predicted octanol–water partition coefficient (Wildman–Crippen LogP) is 4.10. The van der Waals surface area contributed by atoms with Gasteiger partial charge in [-0.2, -0.15) is 0 Å². The van der Waals surface area contributed by atoms with Crippen LogP contribution in [0.3, 0.4) is 0 Å². The summed E-state index contributed by atoms with van der Waals surface area (Å²) in [5, 5.41) is 0. The van der Waals surface area contributed by atoms with E-state index in [4.69, 9.17) is 0 Å². The van der Waals surface area contributed by atoms with E-state index in [2.05, 4.69) is 27.7 Å². The average molecular weight is 168 g/mol. The van der Waals surface area contributed by atoms with Crippen molar-refractivity contribution in [3.8, 4) is 0 Å². The Balaban J connectivity index is 2.21. The highest BCUT2D eigenvalue weighted by atomic mass is 14.3. The maximum absolute atomic E-state index is 2.43. The summed E-state index contributed by atoms with van der Waals surface area (Å²) < 4.78 is 0. The van der Waals surface area contributed by atoms with E-state index in [9.17, 15) is 0 Å². The first-order valence-corrected chi connectivity index (χ1v) is 5.61. The highest BCUT2D eigenvalue weighted by Gasteiger charge is 2.23. The quantitative estimate of drug-likeness (QED) is 0.592. The van der Waals surface area contributed by atoms with Crippen LogP contribution in [-0.2, 0) is 0 Å². The van der Waals surface area contributed by atoms with Crippen molar-refractivity contribution in [3.63, 3.8) is 0 Å². The third-order valence-electron chi connectivity index (χ3n) is 3.88. The molecule has 0 bridgehead atoms. The molecular weight excluding hydrogens is 144 g/mol. The van der Waals surface area contributed by atoms with Crippen molar-refractivity contribution >= 4 is 0 Å². The Morgan fingerprint density at radius 3 is 2.00 bits per heavy atom. The summed E-state index contributed by atoms with van der Waals surface area (Å²) >= 11 is 0. The van der Waals surface area contributed by atoms with Crippen molar-refractivity contribution in [2.75, 3.05) is 0 Å². The van der Waals surface area contributed by atoms with Crippen molar-refractivity contribution in [1.82, 2.24) is 0 Å². The average Bonchev–Trinajstić information content (AvgIpc) is 1.94. The minimum atomic E-state index is 0.861. The Hall–Kier alpha value is 0. The van der Waals surface area contributed by atoms with Gasteiger partial charge in [0.2, 0.25) is 0 Å². The molecule has 0 spiro atoms. The van der Waals surface area contributed by atoms with Crippen LogP contribution in [0.2, 0.25) is 0 Å². The van der Waals surface area contributed by atoms with Gasteiger partial charge in [-0.1, -0.05) is 47.0 Å². The van der Waals surface area contributed by atoms with Gasteiger partial charge in [-0.15, -0.1) is 0 Å². The van der Waals surface area contributed by atoms with Crippen LogP contribution in [0.15, 0.2) is 0 Å². The summed E-state index contributed by atoms with van der Waals surface area (Å²) in [7, 11) is 0. The van der Waals surface area contributed by atoms with Crippen LogP contribution in [0.1, 0.15) is 53.4 Å². The van der Waals surface area contributed by atoms with E-state index in [0.717, 1.165) is 23.7 Å². The second kappa shape index (κ2) is 4.30. The van der Waals surface area contributed by atoms with Crippen molar-refractivity contribution in [1.29, 1.82) is 0 Å². The Bertz CT molecular complexity index is 122. The normalized spacial score (nSPS) is 23.8. The lowest BCUT2D eigenvalue weighted by atomic mass is 9.74. The van der Waals surface area contributed by atoms with Crippen molar-refractivity contribution in [2.24, 2.45) is 23.7 Å². The zero-order valence-corrected chi connectivity index (χ0v) is 9.14. The molecule has 2 atom stereocenters. The molecule has 0 heterocycles. The van der Waals surface area contributed by atoms with E-state index in [1.807, 2.05) is 0 Å². The lowest BCUT2D eigenvalue weighted by Gasteiger charge is -2.32. The first-order valence-electron chi connectivity index (χ1n) is 5.61. The lowest BCUT2D eigenvalue weighted by Crippen LogP contribution is -2.21. The zero-order valence-electron chi connectivity index (χ0n) is 9.14. The fourth-order valence-electron chi connectivity index (χ4n) is 2.13. The van der Waals surface area contributed by atoms with Crippen molar-refractivity contribution in [3.05, 3.63) is 0 Å². The topological polar surface area (TPSA) is 0 Å². The minimum absolute atomic E-state index is 0.861. The Labute approximate surface area is 77.7 Å². The van der Waals surface area contributed by atoms with Gasteiger partial charge in [-0.25, -0.2) is 0 Å². The fourth-order valence-corrected chi connectivity index (χ4v) is 2.13. The molecule has 0 aromatic carbocycles. The second-order valence-corrected chi connectivity index (χ2v) is 5.11. The highest BCUT2D eigenvalue weighted by Crippen LogP contribution is 2.35. The molecule has 72 valence electrons. The van der Waals surface area contributed by atoms with Gasteiger partial charge >= 0.3 is 0 Å². The maximum atomic E-state index is 2.43. The molecule has 12 heavy (non-hydrogen) atoms. The Morgan fingerprint density at radius 1 is 1.08 bits per heavy atom. The molecular formula is C12H24. The molecule has 1 saturated carbocycles. The van der Waals surface area contributed by atoms with Gasteiger partial charge in [0.05, 0.1) is 0 Å². The van der Waals surface area contributed by atoms with Gasteiger partial charge < -0.3 is 0 Å². The number of hydrogen-bond acceptors (Lipinski definition) is 0. The van der Waals surface area contributed by atoms with Gasteiger partial charge in [0, 0.05) is 0 Å². The van der Waals surface area contributed by atoms with Gasteiger partial charge in [-0.05, 0) is 30.1 Å². The molecule has 1 rings (SSSR count). The lowest BCUT2D eigenvalue weighted by molar-refractivity contribution is 0.195. The monoisotopic (exact) mass is 168 g/mol. The summed E-state index contributed by atoms with van der Waals surface area (Å²) in [5.41, 5.74) is 0. The number of hydrogen-bond donors (Lipinski definition) is 0. The fraction of sp³-hybridized carbons (Fsp3) is 1.00. The summed E-state index contributed by atoms with van der Waals surface area (Å²) in [5.74, 6) is 3.79. The molecule has 2 unspecified atom stereocenters. The van der Waals surface area contributed by atoms with Crippen LogP contribution in [-0.4, -0.2) is 0 Å². The molecule has 0 amide bonds. The van der Waals surface area contributed by atoms with Crippen LogP contribution < -0.4 is 0 Å². The van der Waals surface area contributed by atoms with Crippen LogP contribution in [0.5, 0.6) is 0 Å². The maximum Gasteiger partial charge on any atom is -0.0394 e. The molecule has 0 N–H and O–H groups in total. The minimum Gasteiger partial charge on any atom is -0.0625 e. The van der Waals surface area contributed by atoms with Gasteiger partial charge in [-0.3, -0.25) is 0 Å². The standard InChI is InChI=1S/C12H24/c1-9(2)11(4)10(3)8-12-6-5-7-12/h9-12H,5-8H2,1-4H3. The first kappa shape index (κ1) is 10.1. The molecule has 0 heteroatoms. The molecule has 0 aromatic rings. The van der Waals surface area contributed by atoms with E-state index in [1.54, 1.807) is 0 Å². The van der Waals surface area contributed by atoms with Crippen LogP contribution >= 0.6 is 0 Å². The van der Waals surface area contributed by atoms with E-state index in [1.165, 1.54) is 25.7 Å². The van der Waals surface area contributed by atoms with Gasteiger partial charge in [0.25, 0.3) is 0 Å². The molecule has 0 saturated heterocycles. The SMILES string of the molecule is CC(C)C(C)C(C)CC1CCC1. The summed E-state index contributed by atoms with van der Waals surface area (Å²) in [6, 6.07) is 0. The third kappa shape index (κ3) is 2.50. The van der Waals surface area contributed by atoms with Crippen molar-refractivity contribution in [2.45, 2.75) is 53.4 Å². The summed E-state index contributed by atoms with van der Waals surface area (Å²) in [6.07, 6.45) is 6.00. The van der Waals surface area contributed by atoms with Crippen molar-refractivity contribution < 1.29 is 0 Å². The Morgan fingerprint density at radius 2 is 1.67 bits per heavy atom. The highest BCUT2D eigenvalue weighted by molar-refractivity contribution is 4.75. The second-order valence-electron chi connectivity index (χ2n) is 5.11. The molecule has 1 fully saturated rings. The van der Waals surface area contributed by atoms with Crippen LogP contribution in [0.25, 0.3) is 0 Å². The van der Waals surface area contributed by atoms with Gasteiger partial charge in [0.1, 0.15) is 0 Å².